The summed E-state index contributed by atoms with van der Waals surface area (Å²) in [5.74, 6) is 0. The third kappa shape index (κ3) is 2.33. The van der Waals surface area contributed by atoms with E-state index in [2.05, 4.69) is 30.3 Å². The van der Waals surface area contributed by atoms with Gasteiger partial charge in [-0.15, -0.1) is 0 Å². The summed E-state index contributed by atoms with van der Waals surface area (Å²) in [7, 11) is 0. The Morgan fingerprint density at radius 2 is 1.53 bits per heavy atom. The highest BCUT2D eigenvalue weighted by Crippen LogP contribution is 2.26. The highest BCUT2D eigenvalue weighted by molar-refractivity contribution is 5.99. The molecule has 0 aliphatic heterocycles. The molecule has 1 unspecified atom stereocenters. The van der Waals surface area contributed by atoms with E-state index in [0.717, 1.165) is 10.9 Å². The van der Waals surface area contributed by atoms with Gasteiger partial charge in [-0.2, -0.15) is 0 Å². The zero-order valence-corrected chi connectivity index (χ0v) is 10.6. The van der Waals surface area contributed by atoms with Crippen LogP contribution in [-0.2, 0) is 6.42 Å². The van der Waals surface area contributed by atoms with Crippen molar-refractivity contribution in [2.75, 3.05) is 6.61 Å². The van der Waals surface area contributed by atoms with Crippen LogP contribution >= 0.6 is 0 Å². The predicted octanol–water partition coefficient (Wildman–Crippen LogP) is 2.89. The zero-order chi connectivity index (χ0) is 13.2. The largest absolute Gasteiger partial charge is 0.394 e. The fourth-order valence-corrected chi connectivity index (χ4v) is 2.53. The number of hydrogen-bond donors (Lipinski definition) is 2. The lowest BCUT2D eigenvalue weighted by Gasteiger charge is -2.11. The maximum Gasteiger partial charge on any atom is 0.0811 e. The molecule has 0 saturated heterocycles. The second kappa shape index (κ2) is 5.00. The van der Waals surface area contributed by atoms with E-state index in [-0.39, 0.29) is 6.61 Å². The van der Waals surface area contributed by atoms with Gasteiger partial charge in [-0.3, -0.25) is 0 Å². The summed E-state index contributed by atoms with van der Waals surface area (Å²) in [6, 6.07) is 18.7. The van der Waals surface area contributed by atoms with E-state index >= 15 is 0 Å². The van der Waals surface area contributed by atoms with Crippen molar-refractivity contribution in [1.82, 2.24) is 0 Å². The van der Waals surface area contributed by atoms with E-state index in [1.54, 1.807) is 0 Å². The fraction of sp³-hybridized carbons (Fsp3) is 0.176. The molecule has 0 aliphatic rings. The first kappa shape index (κ1) is 12.2. The Morgan fingerprint density at radius 1 is 0.842 bits per heavy atom. The number of hydrogen-bond acceptors (Lipinski definition) is 2. The molecule has 0 aromatic heterocycles. The van der Waals surface area contributed by atoms with Gasteiger partial charge in [0.25, 0.3) is 0 Å². The normalized spacial score (nSPS) is 12.9. The average Bonchev–Trinajstić information content (AvgIpc) is 2.45. The van der Waals surface area contributed by atoms with E-state index in [1.165, 1.54) is 16.2 Å². The van der Waals surface area contributed by atoms with E-state index in [9.17, 15) is 5.11 Å². The predicted molar refractivity (Wildman–Crippen MR) is 78.3 cm³/mol. The molecule has 2 nitrogen and oxygen atoms in total. The highest BCUT2D eigenvalue weighted by atomic mass is 16.3. The molecule has 0 saturated carbocycles. The van der Waals surface area contributed by atoms with Gasteiger partial charge in [0.1, 0.15) is 0 Å². The van der Waals surface area contributed by atoms with Crippen LogP contribution in [0.2, 0.25) is 0 Å². The number of benzene rings is 3. The molecule has 1 atom stereocenters. The summed E-state index contributed by atoms with van der Waals surface area (Å²) in [5, 5.41) is 23.4. The van der Waals surface area contributed by atoms with Crippen molar-refractivity contribution in [2.24, 2.45) is 0 Å². The summed E-state index contributed by atoms with van der Waals surface area (Å²) in [6.07, 6.45) is -0.219. The lowest BCUT2D eigenvalue weighted by Crippen LogP contribution is -2.15. The molecule has 19 heavy (non-hydrogen) atoms. The molecular weight excluding hydrogens is 236 g/mol. The van der Waals surface area contributed by atoms with Gasteiger partial charge < -0.3 is 10.2 Å². The first-order chi connectivity index (χ1) is 9.28. The van der Waals surface area contributed by atoms with Crippen molar-refractivity contribution in [3.63, 3.8) is 0 Å². The van der Waals surface area contributed by atoms with Gasteiger partial charge in [0, 0.05) is 6.42 Å². The SMILES string of the molecule is OCC(O)Cc1cccc2cc3ccccc3cc12. The topological polar surface area (TPSA) is 40.5 Å². The van der Waals surface area contributed by atoms with E-state index in [1.807, 2.05) is 24.3 Å². The van der Waals surface area contributed by atoms with Crippen molar-refractivity contribution in [2.45, 2.75) is 12.5 Å². The van der Waals surface area contributed by atoms with Gasteiger partial charge in [-0.25, -0.2) is 0 Å². The minimum absolute atomic E-state index is 0.204. The summed E-state index contributed by atoms with van der Waals surface area (Å²) in [5.41, 5.74) is 1.07. The molecule has 0 bridgehead atoms. The fourth-order valence-electron chi connectivity index (χ4n) is 2.53. The molecular formula is C17H16O2. The van der Waals surface area contributed by atoms with E-state index in [0.29, 0.717) is 6.42 Å². The standard InChI is InChI=1S/C17H16O2/c18-11-16(19)9-15-7-3-6-14-8-12-4-1-2-5-13(12)10-17(14)15/h1-8,10,16,18-19H,9,11H2. The van der Waals surface area contributed by atoms with Crippen LogP contribution in [0, 0.1) is 0 Å². The lowest BCUT2D eigenvalue weighted by molar-refractivity contribution is 0.0957. The van der Waals surface area contributed by atoms with Crippen molar-refractivity contribution >= 4 is 21.5 Å². The van der Waals surface area contributed by atoms with Crippen molar-refractivity contribution < 1.29 is 10.2 Å². The second-order valence-corrected chi connectivity index (χ2v) is 4.88. The summed E-state index contributed by atoms with van der Waals surface area (Å²) in [4.78, 5) is 0. The Kier molecular flexibility index (Phi) is 3.20. The molecule has 0 heterocycles. The van der Waals surface area contributed by atoms with E-state index < -0.39 is 6.10 Å². The van der Waals surface area contributed by atoms with Crippen LogP contribution in [0.3, 0.4) is 0 Å². The minimum atomic E-state index is -0.697. The Labute approximate surface area is 111 Å². The van der Waals surface area contributed by atoms with Gasteiger partial charge in [-0.05, 0) is 39.2 Å². The van der Waals surface area contributed by atoms with Gasteiger partial charge in [-0.1, -0.05) is 42.5 Å². The number of aliphatic hydroxyl groups is 2. The highest BCUT2D eigenvalue weighted by Gasteiger charge is 2.08. The van der Waals surface area contributed by atoms with Gasteiger partial charge in [0.15, 0.2) is 0 Å². The Bertz CT molecular complexity index is 719. The first-order valence-electron chi connectivity index (χ1n) is 6.47. The van der Waals surface area contributed by atoms with Crippen LogP contribution in [0.5, 0.6) is 0 Å². The monoisotopic (exact) mass is 252 g/mol. The van der Waals surface area contributed by atoms with Crippen LogP contribution in [-0.4, -0.2) is 22.9 Å². The Hall–Kier alpha value is -1.90. The van der Waals surface area contributed by atoms with Crippen molar-refractivity contribution in [1.29, 1.82) is 0 Å². The van der Waals surface area contributed by atoms with Crippen LogP contribution < -0.4 is 0 Å². The Morgan fingerprint density at radius 3 is 2.26 bits per heavy atom. The molecule has 0 spiro atoms. The minimum Gasteiger partial charge on any atom is -0.394 e. The second-order valence-electron chi connectivity index (χ2n) is 4.88. The number of aliphatic hydroxyl groups excluding tert-OH is 2. The molecule has 3 aromatic rings. The third-order valence-corrected chi connectivity index (χ3v) is 3.50. The number of fused-ring (bicyclic) bond motifs is 2. The van der Waals surface area contributed by atoms with E-state index in [4.69, 9.17) is 5.11 Å². The molecule has 0 radical (unpaired) electrons. The zero-order valence-electron chi connectivity index (χ0n) is 10.6. The maximum atomic E-state index is 9.63. The molecule has 3 aromatic carbocycles. The molecule has 0 fully saturated rings. The van der Waals surface area contributed by atoms with Crippen LogP contribution in [0.4, 0.5) is 0 Å². The van der Waals surface area contributed by atoms with Crippen molar-refractivity contribution in [3.05, 3.63) is 60.2 Å². The molecule has 2 N–H and O–H groups in total. The first-order valence-corrected chi connectivity index (χ1v) is 6.47. The molecule has 96 valence electrons. The smallest absolute Gasteiger partial charge is 0.0811 e. The third-order valence-electron chi connectivity index (χ3n) is 3.50. The molecule has 0 aliphatic carbocycles. The van der Waals surface area contributed by atoms with Crippen LogP contribution in [0.15, 0.2) is 54.6 Å². The summed E-state index contributed by atoms with van der Waals surface area (Å²) < 4.78 is 0. The van der Waals surface area contributed by atoms with Crippen LogP contribution in [0.25, 0.3) is 21.5 Å². The molecule has 3 rings (SSSR count). The average molecular weight is 252 g/mol. The number of rotatable bonds is 3. The quantitative estimate of drug-likeness (QED) is 0.704. The molecule has 0 amide bonds. The Balaban J connectivity index is 2.20. The van der Waals surface area contributed by atoms with Gasteiger partial charge in [0.05, 0.1) is 12.7 Å². The summed E-state index contributed by atoms with van der Waals surface area (Å²) in [6.45, 7) is -0.204. The molecule has 2 heteroatoms. The maximum absolute atomic E-state index is 9.63. The lowest BCUT2D eigenvalue weighted by atomic mass is 9.97. The van der Waals surface area contributed by atoms with Crippen molar-refractivity contribution in [3.8, 4) is 0 Å². The van der Waals surface area contributed by atoms with Gasteiger partial charge >= 0.3 is 0 Å². The van der Waals surface area contributed by atoms with Crippen LogP contribution in [0.1, 0.15) is 5.56 Å². The van der Waals surface area contributed by atoms with Gasteiger partial charge in [0.2, 0.25) is 0 Å². The summed E-state index contributed by atoms with van der Waals surface area (Å²) >= 11 is 0.